The zero-order valence-corrected chi connectivity index (χ0v) is 18.5. The quantitative estimate of drug-likeness (QED) is 0.617. The molecule has 9 nitrogen and oxygen atoms in total. The minimum atomic E-state index is -0.512. The van der Waals surface area contributed by atoms with E-state index < -0.39 is 12.2 Å². The van der Waals surface area contributed by atoms with E-state index in [4.69, 9.17) is 14.5 Å². The van der Waals surface area contributed by atoms with Crippen LogP contribution >= 0.6 is 0 Å². The molecular weight excluding hydrogens is 398 g/mol. The summed E-state index contributed by atoms with van der Waals surface area (Å²) in [7, 11) is 1.72. The van der Waals surface area contributed by atoms with Crippen molar-refractivity contribution >= 4 is 23.6 Å². The van der Waals surface area contributed by atoms with E-state index in [0.717, 1.165) is 43.3 Å². The van der Waals surface area contributed by atoms with Crippen molar-refractivity contribution in [2.75, 3.05) is 51.4 Å². The number of urea groups is 1. The van der Waals surface area contributed by atoms with Crippen molar-refractivity contribution in [1.29, 1.82) is 0 Å². The van der Waals surface area contributed by atoms with Crippen LogP contribution in [0.1, 0.15) is 26.7 Å². The lowest BCUT2D eigenvalue weighted by atomic mass is 10.1. The number of imide groups is 1. The highest BCUT2D eigenvalue weighted by Crippen LogP contribution is 2.32. The average Bonchev–Trinajstić information content (AvgIpc) is 3.03. The molecule has 3 aliphatic rings. The number of nitrogens with zero attached hydrogens (tertiary/aromatic N) is 5. The molecule has 4 rings (SSSR count). The number of hydrogen-bond donors (Lipinski definition) is 0. The molecule has 9 heteroatoms. The van der Waals surface area contributed by atoms with E-state index in [-0.39, 0.29) is 18.5 Å². The molecule has 3 amide bonds. The Morgan fingerprint density at radius 3 is 2.52 bits per heavy atom. The number of carbonyl (C=O) groups excluding carboxylic acids is 2. The number of guanidine groups is 1. The van der Waals surface area contributed by atoms with Gasteiger partial charge in [-0.15, -0.1) is 0 Å². The molecule has 0 aromatic heterocycles. The van der Waals surface area contributed by atoms with Crippen molar-refractivity contribution in [2.24, 2.45) is 4.99 Å². The van der Waals surface area contributed by atoms with Gasteiger partial charge in [-0.1, -0.05) is 0 Å². The van der Waals surface area contributed by atoms with Gasteiger partial charge in [0.2, 0.25) is 5.96 Å². The van der Waals surface area contributed by atoms with Crippen molar-refractivity contribution in [3.05, 3.63) is 24.3 Å². The Labute approximate surface area is 183 Å². The second-order valence-corrected chi connectivity index (χ2v) is 7.85. The van der Waals surface area contributed by atoms with Crippen LogP contribution in [0.2, 0.25) is 0 Å². The number of fused-ring (bicyclic) bond motifs is 3. The van der Waals surface area contributed by atoms with E-state index in [1.165, 1.54) is 4.90 Å². The summed E-state index contributed by atoms with van der Waals surface area (Å²) in [5.41, 5.74) is 1.00. The van der Waals surface area contributed by atoms with Gasteiger partial charge < -0.3 is 24.2 Å². The third-order valence-electron chi connectivity index (χ3n) is 5.97. The summed E-state index contributed by atoms with van der Waals surface area (Å²) in [5, 5.41) is 0. The maximum absolute atomic E-state index is 13.4. The van der Waals surface area contributed by atoms with Gasteiger partial charge in [-0.3, -0.25) is 9.69 Å². The molecule has 168 valence electrons. The van der Waals surface area contributed by atoms with Crippen LogP contribution in [-0.4, -0.2) is 91.3 Å². The molecule has 3 heterocycles. The van der Waals surface area contributed by atoms with E-state index in [1.54, 1.807) is 11.9 Å². The maximum Gasteiger partial charge on any atom is 0.328 e. The summed E-state index contributed by atoms with van der Waals surface area (Å²) < 4.78 is 10.9. The predicted molar refractivity (Wildman–Crippen MR) is 117 cm³/mol. The van der Waals surface area contributed by atoms with Crippen LogP contribution in [-0.2, 0) is 9.53 Å². The Hall–Kier alpha value is -2.81. The summed E-state index contributed by atoms with van der Waals surface area (Å²) in [6.45, 7) is 7.16. The highest BCUT2D eigenvalue weighted by molar-refractivity contribution is 6.07. The molecule has 31 heavy (non-hydrogen) atoms. The molecule has 2 fully saturated rings. The zero-order valence-electron chi connectivity index (χ0n) is 18.5. The Morgan fingerprint density at radius 1 is 1.06 bits per heavy atom. The highest BCUT2D eigenvalue weighted by atomic mass is 16.5. The summed E-state index contributed by atoms with van der Waals surface area (Å²) in [5.74, 6) is 1.39. The van der Waals surface area contributed by atoms with Crippen LogP contribution in [0.4, 0.5) is 10.5 Å². The van der Waals surface area contributed by atoms with E-state index in [0.29, 0.717) is 19.8 Å². The minimum absolute atomic E-state index is 0.194. The van der Waals surface area contributed by atoms with Crippen LogP contribution < -0.4 is 9.64 Å². The molecule has 2 atom stereocenters. The fourth-order valence-electron chi connectivity index (χ4n) is 4.42. The maximum atomic E-state index is 13.4. The van der Waals surface area contributed by atoms with Gasteiger partial charge in [0.1, 0.15) is 5.75 Å². The summed E-state index contributed by atoms with van der Waals surface area (Å²) in [6, 6.07) is 7.12. The molecule has 0 radical (unpaired) electrons. The average molecular weight is 430 g/mol. The first-order valence-electron chi connectivity index (χ1n) is 11.1. The Morgan fingerprint density at radius 2 is 1.81 bits per heavy atom. The van der Waals surface area contributed by atoms with E-state index in [2.05, 4.69) is 9.80 Å². The zero-order chi connectivity index (χ0) is 22.0. The molecule has 1 aromatic carbocycles. The molecule has 0 spiro atoms. The Bertz CT molecular complexity index is 843. The summed E-state index contributed by atoms with van der Waals surface area (Å²) >= 11 is 0. The molecule has 2 saturated heterocycles. The molecule has 0 bridgehead atoms. The van der Waals surface area contributed by atoms with Crippen molar-refractivity contribution in [3.63, 3.8) is 0 Å². The number of amides is 3. The van der Waals surface area contributed by atoms with Crippen LogP contribution in [0.5, 0.6) is 5.75 Å². The molecule has 2 unspecified atom stereocenters. The van der Waals surface area contributed by atoms with Gasteiger partial charge in [0, 0.05) is 32.4 Å². The van der Waals surface area contributed by atoms with Crippen molar-refractivity contribution in [2.45, 2.75) is 38.9 Å². The molecule has 0 aliphatic carbocycles. The fraction of sp³-hybridized carbons (Fsp3) is 0.591. The first kappa shape index (κ1) is 21.4. The molecular formula is C22H31N5O4. The third kappa shape index (κ3) is 3.94. The van der Waals surface area contributed by atoms with E-state index in [9.17, 15) is 9.59 Å². The van der Waals surface area contributed by atoms with Crippen molar-refractivity contribution < 1.29 is 19.1 Å². The number of benzene rings is 1. The normalized spacial score (nSPS) is 23.5. The van der Waals surface area contributed by atoms with Gasteiger partial charge in [-0.05, 0) is 51.0 Å². The van der Waals surface area contributed by atoms with Crippen molar-refractivity contribution in [1.82, 2.24) is 14.7 Å². The van der Waals surface area contributed by atoms with Gasteiger partial charge in [0.05, 0.1) is 19.8 Å². The van der Waals surface area contributed by atoms with Crippen molar-refractivity contribution in [3.8, 4) is 5.75 Å². The lowest BCUT2D eigenvalue weighted by molar-refractivity contribution is -0.138. The van der Waals surface area contributed by atoms with Gasteiger partial charge in [-0.25, -0.2) is 9.79 Å². The topological polar surface area (TPSA) is 77.9 Å². The number of ether oxygens (including phenoxy) is 2. The first-order valence-corrected chi connectivity index (χ1v) is 11.1. The number of hydrogen-bond acceptors (Lipinski definition) is 7. The second-order valence-electron chi connectivity index (χ2n) is 7.85. The predicted octanol–water partition coefficient (Wildman–Crippen LogP) is 1.98. The fourth-order valence-corrected chi connectivity index (χ4v) is 4.42. The first-order chi connectivity index (χ1) is 15.1. The van der Waals surface area contributed by atoms with E-state index in [1.807, 2.05) is 38.1 Å². The largest absolute Gasteiger partial charge is 0.494 e. The molecule has 1 aromatic rings. The highest BCUT2D eigenvalue weighted by Gasteiger charge is 2.53. The SMILES string of the molecule is CCOCCN1C(=O)C2C(N=C3N(c4ccc(OCC)cc4)CCCCN32)N(C)C1=O. The Balaban J connectivity index is 1.61. The second kappa shape index (κ2) is 9.13. The number of likely N-dealkylation sites (N-methyl/N-ethyl adjacent to an activating group) is 1. The van der Waals surface area contributed by atoms with Crippen LogP contribution in [0.3, 0.4) is 0 Å². The summed E-state index contributed by atoms with van der Waals surface area (Å²) in [4.78, 5) is 38.2. The smallest absolute Gasteiger partial charge is 0.328 e. The van der Waals surface area contributed by atoms with Gasteiger partial charge >= 0.3 is 6.03 Å². The van der Waals surface area contributed by atoms with E-state index >= 15 is 0 Å². The van der Waals surface area contributed by atoms with Gasteiger partial charge in [0.15, 0.2) is 12.2 Å². The lowest BCUT2D eigenvalue weighted by Gasteiger charge is -2.41. The van der Waals surface area contributed by atoms with Gasteiger partial charge in [-0.2, -0.15) is 0 Å². The van der Waals surface area contributed by atoms with Crippen LogP contribution in [0, 0.1) is 0 Å². The van der Waals surface area contributed by atoms with Crippen LogP contribution in [0.25, 0.3) is 0 Å². The standard InChI is InChI=1S/C22H31N5O4/c1-4-30-15-14-27-20(28)18-19(24(3)22(27)29)23-21-25(12-6-7-13-26(18)21)16-8-10-17(11-9-16)31-5-2/h8-11,18-19H,4-7,12-15H2,1-3H3. The number of carbonyl (C=O) groups is 2. The van der Waals surface area contributed by atoms with Crippen LogP contribution in [0.15, 0.2) is 29.3 Å². The monoisotopic (exact) mass is 429 g/mol. The number of rotatable bonds is 7. The molecule has 3 aliphatic heterocycles. The minimum Gasteiger partial charge on any atom is -0.494 e. The molecule has 0 N–H and O–H groups in total. The number of anilines is 1. The lowest BCUT2D eigenvalue weighted by Crippen LogP contribution is -2.65. The third-order valence-corrected chi connectivity index (χ3v) is 5.97. The Kier molecular flexibility index (Phi) is 6.31. The number of aliphatic imine (C=N–C) groups is 1. The molecule has 0 saturated carbocycles. The summed E-state index contributed by atoms with van der Waals surface area (Å²) in [6.07, 6.45) is 1.44. The van der Waals surface area contributed by atoms with Gasteiger partial charge in [0.25, 0.3) is 5.91 Å².